The van der Waals surface area contributed by atoms with Crippen molar-refractivity contribution in [3.05, 3.63) is 0 Å². The second kappa shape index (κ2) is 18.4. The summed E-state index contributed by atoms with van der Waals surface area (Å²) in [6, 6.07) is 0. The molecule has 0 saturated carbocycles. The molecule has 0 aromatic carbocycles. The fourth-order valence-electron chi connectivity index (χ4n) is 3.77. The molecule has 0 aliphatic carbocycles. The van der Waals surface area contributed by atoms with Gasteiger partial charge in [-0.25, -0.2) is 0 Å². The Morgan fingerprint density at radius 2 is 1.24 bits per heavy atom. The zero-order valence-corrected chi connectivity index (χ0v) is 27.8. The van der Waals surface area contributed by atoms with Crippen molar-refractivity contribution >= 4 is 87.5 Å². The van der Waals surface area contributed by atoms with E-state index < -0.39 is 100.0 Å². The summed E-state index contributed by atoms with van der Waals surface area (Å²) in [5.41, 5.74) is 0. The summed E-state index contributed by atoms with van der Waals surface area (Å²) in [7, 11) is 0. The molecule has 18 heteroatoms. The highest BCUT2D eigenvalue weighted by Gasteiger charge is 2.54. The molecule has 1 saturated heterocycles. The molecule has 0 bridgehead atoms. The Balaban J connectivity index is 3.76. The van der Waals surface area contributed by atoms with Crippen LogP contribution in [-0.4, -0.2) is 106 Å². The molecule has 16 nitrogen and oxygen atoms in total. The number of ether oxygens (including phenoxy) is 9. The molecular formula is C24H32I2O16. The molecule has 0 spiro atoms. The molecule has 0 unspecified atom stereocenters. The van der Waals surface area contributed by atoms with Gasteiger partial charge in [-0.2, -0.15) is 0 Å². The van der Waals surface area contributed by atoms with Crippen LogP contribution in [0.5, 0.6) is 0 Å². The minimum Gasteiger partial charge on any atom is -0.463 e. The van der Waals surface area contributed by atoms with Gasteiger partial charge in [0.05, 0.1) is 0 Å². The van der Waals surface area contributed by atoms with Crippen LogP contribution >= 0.6 is 45.2 Å². The molecule has 0 aromatic heterocycles. The molecule has 1 fully saturated rings. The van der Waals surface area contributed by atoms with Crippen LogP contribution in [0.25, 0.3) is 0 Å². The van der Waals surface area contributed by atoms with E-state index in [4.69, 9.17) is 42.6 Å². The first-order valence-electron chi connectivity index (χ1n) is 12.2. The van der Waals surface area contributed by atoms with Gasteiger partial charge in [0.1, 0.15) is 27.4 Å². The van der Waals surface area contributed by atoms with Gasteiger partial charge >= 0.3 is 35.8 Å². The lowest BCUT2D eigenvalue weighted by atomic mass is 9.97. The van der Waals surface area contributed by atoms with Crippen molar-refractivity contribution in [3.63, 3.8) is 0 Å². The number of carbonyl (C=O) groups excluding carboxylic acids is 7. The summed E-state index contributed by atoms with van der Waals surface area (Å²) in [5.74, 6) is -4.79. The van der Waals surface area contributed by atoms with Gasteiger partial charge in [-0.1, -0.05) is 45.2 Å². The van der Waals surface area contributed by atoms with Crippen molar-refractivity contribution in [3.8, 4) is 0 Å². The molecule has 1 aliphatic heterocycles. The van der Waals surface area contributed by atoms with Gasteiger partial charge in [-0.15, -0.1) is 0 Å². The highest BCUT2D eigenvalue weighted by Crippen LogP contribution is 2.33. The number of hydrogen-bond acceptors (Lipinski definition) is 16. The quantitative estimate of drug-likeness (QED) is 0.0733. The number of halogens is 2. The lowest BCUT2D eigenvalue weighted by Gasteiger charge is -2.45. The number of esters is 6. The van der Waals surface area contributed by atoms with E-state index in [9.17, 15) is 33.6 Å². The second-order valence-corrected chi connectivity index (χ2v) is 13.7. The number of carbonyl (C=O) groups is 7. The zero-order chi connectivity index (χ0) is 32.1. The lowest BCUT2D eigenvalue weighted by molar-refractivity contribution is -0.328. The van der Waals surface area contributed by atoms with Crippen LogP contribution in [0, 0.1) is 0 Å². The summed E-state index contributed by atoms with van der Waals surface area (Å²) >= 11 is 3.81. The van der Waals surface area contributed by atoms with Gasteiger partial charge in [-0.05, 0) is 0 Å². The third-order valence-electron chi connectivity index (χ3n) is 5.16. The van der Waals surface area contributed by atoms with Crippen LogP contribution in [-0.2, 0) is 76.2 Å². The highest BCUT2D eigenvalue weighted by atomic mass is 127. The van der Waals surface area contributed by atoms with Crippen molar-refractivity contribution in [2.24, 2.45) is 0 Å². The van der Waals surface area contributed by atoms with Gasteiger partial charge in [0.15, 0.2) is 36.8 Å². The fourth-order valence-corrected chi connectivity index (χ4v) is 4.88. The van der Waals surface area contributed by atoms with Crippen molar-refractivity contribution in [1.82, 2.24) is 0 Å². The Bertz CT molecular complexity index is 988. The third kappa shape index (κ3) is 12.9. The van der Waals surface area contributed by atoms with Gasteiger partial charge in [0, 0.05) is 41.5 Å². The Morgan fingerprint density at radius 1 is 0.714 bits per heavy atom. The molecule has 1 aliphatic rings. The minimum absolute atomic E-state index is 0.0535. The smallest absolute Gasteiger partial charge is 0.303 e. The van der Waals surface area contributed by atoms with Crippen molar-refractivity contribution in [2.45, 2.75) is 92.5 Å². The number of alkyl halides is 2. The molecule has 238 valence electrons. The van der Waals surface area contributed by atoms with E-state index in [1.165, 1.54) is 0 Å². The highest BCUT2D eigenvalue weighted by molar-refractivity contribution is 14.2. The average Bonchev–Trinajstić information content (AvgIpc) is 2.84. The molecule has 0 N–H and O–H groups in total. The molecule has 0 radical (unpaired) electrons. The normalized spacial score (nSPS) is 23.8. The molecule has 42 heavy (non-hydrogen) atoms. The van der Waals surface area contributed by atoms with E-state index in [0.717, 1.165) is 41.5 Å². The predicted octanol–water partition coefficient (Wildman–Crippen LogP) is 0.687. The Hall–Kier alpha value is -2.33. The van der Waals surface area contributed by atoms with E-state index in [1.807, 2.05) is 45.2 Å². The molecular weight excluding hydrogens is 798 g/mol. The maximum absolute atomic E-state index is 12.2. The second-order valence-electron chi connectivity index (χ2n) is 8.65. The van der Waals surface area contributed by atoms with E-state index >= 15 is 0 Å². The zero-order valence-electron chi connectivity index (χ0n) is 23.5. The SMILES string of the molecule is CC(=O)OC[C@H]1O[C@@H](O[C@@H]([C@H](OC(C)=O)C(I)I)[C@@H](COC(C)=O)OC=O)[C@H](OC(C)=O)[C@@H](OC(C)=O)[C@H]1OC(C)=O. The van der Waals surface area contributed by atoms with Crippen molar-refractivity contribution in [2.75, 3.05) is 13.2 Å². The van der Waals surface area contributed by atoms with Crippen LogP contribution < -0.4 is 0 Å². The van der Waals surface area contributed by atoms with Crippen molar-refractivity contribution in [1.29, 1.82) is 0 Å². The summed E-state index contributed by atoms with van der Waals surface area (Å²) in [4.78, 5) is 82.8. The Morgan fingerprint density at radius 3 is 1.69 bits per heavy atom. The minimum atomic E-state index is -1.71. The lowest BCUT2D eigenvalue weighted by Crippen LogP contribution is -2.64. The van der Waals surface area contributed by atoms with Gasteiger partial charge in [-0.3, -0.25) is 33.6 Å². The van der Waals surface area contributed by atoms with E-state index in [-0.39, 0.29) is 6.47 Å². The molecule has 0 amide bonds. The largest absolute Gasteiger partial charge is 0.463 e. The maximum atomic E-state index is 12.2. The van der Waals surface area contributed by atoms with Crippen molar-refractivity contribution < 1.29 is 76.2 Å². The van der Waals surface area contributed by atoms with Crippen LogP contribution in [0.15, 0.2) is 0 Å². The predicted molar refractivity (Wildman–Crippen MR) is 152 cm³/mol. The van der Waals surface area contributed by atoms with Crippen LogP contribution in [0.4, 0.5) is 0 Å². The van der Waals surface area contributed by atoms with Gasteiger partial charge < -0.3 is 42.6 Å². The van der Waals surface area contributed by atoms with Crippen LogP contribution in [0.1, 0.15) is 41.5 Å². The molecule has 1 rings (SSSR count). The van der Waals surface area contributed by atoms with Gasteiger partial charge in [0.25, 0.3) is 6.47 Å². The number of hydrogen-bond donors (Lipinski definition) is 0. The molecule has 1 heterocycles. The van der Waals surface area contributed by atoms with E-state index in [2.05, 4.69) is 0 Å². The maximum Gasteiger partial charge on any atom is 0.303 e. The monoisotopic (exact) mass is 830 g/mol. The number of rotatable bonds is 15. The first kappa shape index (κ1) is 37.7. The Kier molecular flexibility index (Phi) is 16.5. The molecule has 0 aromatic rings. The Labute approximate surface area is 268 Å². The first-order valence-corrected chi connectivity index (χ1v) is 14.7. The summed E-state index contributed by atoms with van der Waals surface area (Å²) in [5, 5.41) is 0. The van der Waals surface area contributed by atoms with Gasteiger partial charge in [0.2, 0.25) is 0 Å². The van der Waals surface area contributed by atoms with E-state index in [1.54, 1.807) is 0 Å². The first-order chi connectivity index (χ1) is 19.6. The van der Waals surface area contributed by atoms with Crippen LogP contribution in [0.2, 0.25) is 0 Å². The summed E-state index contributed by atoms with van der Waals surface area (Å²) in [6.07, 6.45) is -11.8. The van der Waals surface area contributed by atoms with E-state index in [0.29, 0.717) is 0 Å². The summed E-state index contributed by atoms with van der Waals surface area (Å²) in [6.45, 7) is 5.46. The topological polar surface area (TPSA) is 203 Å². The molecule has 8 atom stereocenters. The van der Waals surface area contributed by atoms with Crippen LogP contribution in [0.3, 0.4) is 0 Å². The standard InChI is InChI=1S/C24H32I2O16/c1-10(28)34-7-16(36-9-27)18(21(23(25)26)39-14(5)32)42-24-22(40-15(6)33)20(38-13(4)31)19(37-12(3)30)17(41-24)8-35-11(2)29/h9,16-24H,7-8H2,1-6H3/t16-,17-,18-,19+,20+,21+,22-,24+/m1/s1. The summed E-state index contributed by atoms with van der Waals surface area (Å²) < 4.78 is 48.3. The average molecular weight is 830 g/mol. The third-order valence-corrected chi connectivity index (χ3v) is 6.58. The fraction of sp³-hybridized carbons (Fsp3) is 0.708.